The number of halogens is 2. The highest BCUT2D eigenvalue weighted by atomic mass is 35.5. The number of amides is 4. The molecule has 0 aliphatic heterocycles. The zero-order chi connectivity index (χ0) is 28.8. The molecule has 4 amide bonds. The Kier molecular flexibility index (Phi) is 9.29. The summed E-state index contributed by atoms with van der Waals surface area (Å²) in [6, 6.07) is 17.2. The molecule has 1 aliphatic carbocycles. The fourth-order valence-corrected chi connectivity index (χ4v) is 5.23. The van der Waals surface area contributed by atoms with Crippen LogP contribution in [0.4, 0.5) is 4.79 Å². The molecule has 9 nitrogen and oxygen atoms in total. The van der Waals surface area contributed by atoms with Gasteiger partial charge in [0.1, 0.15) is 6.04 Å². The molecular formula is C29H28Cl2N4O5. The topological polar surface area (TPSA) is 137 Å². The molecule has 0 bridgehead atoms. The molecule has 0 spiro atoms. The van der Waals surface area contributed by atoms with Crippen LogP contribution in [0.1, 0.15) is 62.8 Å². The lowest BCUT2D eigenvalue weighted by molar-refractivity contribution is -0.139. The van der Waals surface area contributed by atoms with Crippen LogP contribution in [0, 0.1) is 0 Å². The molecule has 5 N–H and O–H groups in total. The molecule has 3 atom stereocenters. The van der Waals surface area contributed by atoms with Gasteiger partial charge in [0.05, 0.1) is 34.2 Å². The van der Waals surface area contributed by atoms with E-state index in [0.29, 0.717) is 0 Å². The third-order valence-corrected chi connectivity index (χ3v) is 7.28. The largest absolute Gasteiger partial charge is 0.480 e. The zero-order valence-electron chi connectivity index (χ0n) is 21.5. The fraction of sp³-hybridized carbons (Fsp3) is 0.241. The Morgan fingerprint density at radius 1 is 0.925 bits per heavy atom. The summed E-state index contributed by atoms with van der Waals surface area (Å²) in [7, 11) is 0. The quantitative estimate of drug-likeness (QED) is 0.250. The number of aryl methyl sites for hydroxylation is 1. The molecule has 3 aromatic carbocycles. The van der Waals surface area contributed by atoms with Gasteiger partial charge < -0.3 is 26.4 Å². The van der Waals surface area contributed by atoms with Gasteiger partial charge in [-0.05, 0) is 48.6 Å². The average molecular weight is 583 g/mol. The molecule has 0 fully saturated rings. The van der Waals surface area contributed by atoms with Crippen LogP contribution in [0.15, 0.2) is 66.7 Å². The van der Waals surface area contributed by atoms with Crippen LogP contribution in [0.5, 0.6) is 0 Å². The van der Waals surface area contributed by atoms with Crippen LogP contribution in [0.3, 0.4) is 0 Å². The van der Waals surface area contributed by atoms with Crippen molar-refractivity contribution in [3.8, 4) is 0 Å². The van der Waals surface area contributed by atoms with Gasteiger partial charge in [0.25, 0.3) is 11.8 Å². The molecule has 0 saturated carbocycles. The molecule has 11 heteroatoms. The summed E-state index contributed by atoms with van der Waals surface area (Å²) in [6.07, 6.45) is 1.57. The van der Waals surface area contributed by atoms with Crippen molar-refractivity contribution in [3.63, 3.8) is 0 Å². The van der Waals surface area contributed by atoms with E-state index in [0.717, 1.165) is 29.5 Å². The second kappa shape index (κ2) is 12.8. The van der Waals surface area contributed by atoms with Crippen LogP contribution in [-0.2, 0) is 11.2 Å². The molecule has 208 valence electrons. The third-order valence-electron chi connectivity index (χ3n) is 6.69. The predicted molar refractivity (Wildman–Crippen MR) is 152 cm³/mol. The molecule has 1 aliphatic rings. The molecule has 4 rings (SSSR count). The molecule has 0 heterocycles. The molecule has 3 aromatic rings. The van der Waals surface area contributed by atoms with Crippen molar-refractivity contribution in [2.75, 3.05) is 6.54 Å². The molecule has 40 heavy (non-hydrogen) atoms. The maximum atomic E-state index is 12.9. The molecular weight excluding hydrogens is 555 g/mol. The Morgan fingerprint density at radius 3 is 2.25 bits per heavy atom. The minimum atomic E-state index is -1.46. The number of aliphatic carboxylic acids is 1. The first kappa shape index (κ1) is 28.9. The lowest BCUT2D eigenvalue weighted by Gasteiger charge is -2.19. The standard InChI is InChI=1S/C29H28Cl2N4O5/c1-16(17-7-3-2-4-8-17)33-26(36)19-13-21(30)25(22(31)14-19)27(37)34-24(28(38)39)15-32-29(40)35-23-12-11-18-9-5-6-10-20(18)23/h2-10,13-14,16,23-24H,11-12,15H2,1H3,(H,33,36)(H,34,37)(H,38,39)(H2,32,35,40)/t16-,23-,24+/m1/s1. The summed E-state index contributed by atoms with van der Waals surface area (Å²) in [5.41, 5.74) is 3.03. The molecule has 0 saturated heterocycles. The second-order valence-electron chi connectivity index (χ2n) is 9.43. The number of nitrogens with one attached hydrogen (secondary N) is 4. The van der Waals surface area contributed by atoms with Crippen LogP contribution >= 0.6 is 23.2 Å². The van der Waals surface area contributed by atoms with Gasteiger partial charge in [-0.1, -0.05) is 77.8 Å². The summed E-state index contributed by atoms with van der Waals surface area (Å²) in [6.45, 7) is 1.44. The van der Waals surface area contributed by atoms with E-state index in [1.54, 1.807) is 0 Å². The minimum Gasteiger partial charge on any atom is -0.480 e. The first-order valence-electron chi connectivity index (χ1n) is 12.6. The zero-order valence-corrected chi connectivity index (χ0v) is 23.1. The van der Waals surface area contributed by atoms with Crippen LogP contribution in [0.2, 0.25) is 10.0 Å². The number of rotatable bonds is 9. The van der Waals surface area contributed by atoms with Crippen LogP contribution < -0.4 is 21.3 Å². The van der Waals surface area contributed by atoms with Crippen molar-refractivity contribution < 1.29 is 24.3 Å². The number of carboxylic acid groups (broad SMARTS) is 1. The Morgan fingerprint density at radius 2 is 1.57 bits per heavy atom. The predicted octanol–water partition coefficient (Wildman–Crippen LogP) is 4.65. The first-order valence-corrected chi connectivity index (χ1v) is 13.4. The van der Waals surface area contributed by atoms with Crippen molar-refractivity contribution in [1.29, 1.82) is 0 Å². The van der Waals surface area contributed by atoms with Crippen molar-refractivity contribution in [2.45, 2.75) is 37.9 Å². The van der Waals surface area contributed by atoms with Gasteiger partial charge in [0.2, 0.25) is 0 Å². The van der Waals surface area contributed by atoms with Gasteiger partial charge in [-0.25, -0.2) is 9.59 Å². The van der Waals surface area contributed by atoms with Gasteiger partial charge in [0, 0.05) is 5.56 Å². The summed E-state index contributed by atoms with van der Waals surface area (Å²) in [5, 5.41) is 19.9. The van der Waals surface area contributed by atoms with Gasteiger partial charge in [-0.3, -0.25) is 9.59 Å². The molecule has 0 unspecified atom stereocenters. The Balaban J connectivity index is 1.36. The van der Waals surface area contributed by atoms with E-state index in [4.69, 9.17) is 23.2 Å². The van der Waals surface area contributed by atoms with E-state index in [2.05, 4.69) is 21.3 Å². The summed E-state index contributed by atoms with van der Waals surface area (Å²) in [4.78, 5) is 50.0. The number of hydrogen-bond donors (Lipinski definition) is 5. The van der Waals surface area contributed by atoms with Crippen molar-refractivity contribution >= 4 is 47.0 Å². The van der Waals surface area contributed by atoms with E-state index in [9.17, 15) is 24.3 Å². The number of hydrogen-bond acceptors (Lipinski definition) is 4. The SMILES string of the molecule is C[C@@H](NC(=O)c1cc(Cl)c(C(=O)N[C@@H](CNC(=O)N[C@@H]2CCc3ccccc32)C(=O)O)c(Cl)c1)c1ccccc1. The second-order valence-corrected chi connectivity index (χ2v) is 10.2. The number of carbonyl (C=O) groups is 4. The smallest absolute Gasteiger partial charge is 0.328 e. The van der Waals surface area contributed by atoms with E-state index in [1.807, 2.05) is 61.5 Å². The molecule has 0 radical (unpaired) electrons. The number of carbonyl (C=O) groups excluding carboxylic acids is 3. The normalized spacial score (nSPS) is 15.3. The number of fused-ring (bicyclic) bond motifs is 1. The van der Waals surface area contributed by atoms with Gasteiger partial charge in [-0.2, -0.15) is 0 Å². The Labute approximate surface area is 241 Å². The molecule has 0 aromatic heterocycles. The summed E-state index contributed by atoms with van der Waals surface area (Å²) in [5.74, 6) is -2.67. The average Bonchev–Trinajstić information content (AvgIpc) is 3.33. The van der Waals surface area contributed by atoms with E-state index in [1.165, 1.54) is 12.1 Å². The van der Waals surface area contributed by atoms with E-state index >= 15 is 0 Å². The highest BCUT2D eigenvalue weighted by Crippen LogP contribution is 2.30. The van der Waals surface area contributed by atoms with Crippen LogP contribution in [0.25, 0.3) is 0 Å². The number of benzene rings is 3. The monoisotopic (exact) mass is 582 g/mol. The van der Waals surface area contributed by atoms with Gasteiger partial charge in [-0.15, -0.1) is 0 Å². The summed E-state index contributed by atoms with van der Waals surface area (Å²) < 4.78 is 0. The highest BCUT2D eigenvalue weighted by Gasteiger charge is 2.27. The van der Waals surface area contributed by atoms with Crippen molar-refractivity contribution in [3.05, 3.63) is 105 Å². The third kappa shape index (κ3) is 6.91. The van der Waals surface area contributed by atoms with Crippen molar-refractivity contribution in [2.24, 2.45) is 0 Å². The lowest BCUT2D eigenvalue weighted by Crippen LogP contribution is -2.50. The Bertz CT molecular complexity index is 1410. The Hall–Kier alpha value is -4.08. The number of urea groups is 1. The minimum absolute atomic E-state index is 0.128. The first-order chi connectivity index (χ1) is 19.1. The van der Waals surface area contributed by atoms with Gasteiger partial charge in [0.15, 0.2) is 0 Å². The summed E-state index contributed by atoms with van der Waals surface area (Å²) >= 11 is 12.6. The van der Waals surface area contributed by atoms with Crippen LogP contribution in [-0.4, -0.2) is 41.5 Å². The maximum Gasteiger partial charge on any atom is 0.328 e. The number of carboxylic acids is 1. The maximum absolute atomic E-state index is 12.9. The highest BCUT2D eigenvalue weighted by molar-refractivity contribution is 6.40. The lowest BCUT2D eigenvalue weighted by atomic mass is 10.1. The van der Waals surface area contributed by atoms with E-state index in [-0.39, 0.29) is 39.8 Å². The van der Waals surface area contributed by atoms with Crippen molar-refractivity contribution in [1.82, 2.24) is 21.3 Å². The van der Waals surface area contributed by atoms with Gasteiger partial charge >= 0.3 is 12.0 Å². The van der Waals surface area contributed by atoms with E-state index < -0.39 is 29.9 Å². The fourth-order valence-electron chi connectivity index (χ4n) is 4.57.